The Morgan fingerprint density at radius 1 is 1.41 bits per heavy atom. The third-order valence-electron chi connectivity index (χ3n) is 4.05. The molecule has 116 valence electrons. The van der Waals surface area contributed by atoms with Crippen molar-refractivity contribution in [1.29, 1.82) is 0 Å². The van der Waals surface area contributed by atoms with Gasteiger partial charge in [0.15, 0.2) is 0 Å². The lowest BCUT2D eigenvalue weighted by molar-refractivity contribution is -0.0300. The molecule has 0 bridgehead atoms. The number of aliphatic hydroxyl groups is 1. The van der Waals surface area contributed by atoms with Crippen molar-refractivity contribution < 1.29 is 9.90 Å². The van der Waals surface area contributed by atoms with E-state index in [2.05, 4.69) is 10.4 Å². The Balaban J connectivity index is 1.61. The van der Waals surface area contributed by atoms with Gasteiger partial charge < -0.3 is 10.4 Å². The molecule has 3 rings (SSSR count). The Labute approximate surface area is 133 Å². The van der Waals surface area contributed by atoms with E-state index in [0.717, 1.165) is 24.8 Å². The molecule has 0 spiro atoms. The first kappa shape index (κ1) is 15.1. The largest absolute Gasteiger partial charge is 0.388 e. The molecule has 1 aliphatic rings. The van der Waals surface area contributed by atoms with Gasteiger partial charge in [0.2, 0.25) is 0 Å². The first-order valence-corrected chi connectivity index (χ1v) is 7.70. The molecule has 0 radical (unpaired) electrons. The lowest BCUT2D eigenvalue weighted by Gasteiger charge is -2.36. The Morgan fingerprint density at radius 2 is 2.18 bits per heavy atom. The molecule has 22 heavy (non-hydrogen) atoms. The molecule has 0 aliphatic heterocycles. The molecule has 6 heteroatoms. The molecule has 2 aromatic rings. The number of benzene rings is 1. The van der Waals surface area contributed by atoms with Gasteiger partial charge in [-0.1, -0.05) is 29.8 Å². The summed E-state index contributed by atoms with van der Waals surface area (Å²) in [6.45, 7) is 0.804. The van der Waals surface area contributed by atoms with E-state index in [4.69, 9.17) is 11.6 Å². The fourth-order valence-electron chi connectivity index (χ4n) is 2.48. The first-order valence-electron chi connectivity index (χ1n) is 7.32. The maximum absolute atomic E-state index is 12.1. The topological polar surface area (TPSA) is 67.2 Å². The van der Waals surface area contributed by atoms with Crippen molar-refractivity contribution in [2.75, 3.05) is 6.54 Å². The molecule has 0 atom stereocenters. The van der Waals surface area contributed by atoms with Gasteiger partial charge in [-0.05, 0) is 30.9 Å². The molecular formula is C16H18ClN3O2. The van der Waals surface area contributed by atoms with E-state index < -0.39 is 5.60 Å². The van der Waals surface area contributed by atoms with Crippen LogP contribution in [-0.4, -0.2) is 32.9 Å². The number of halogens is 1. The first-order chi connectivity index (χ1) is 10.6. The molecule has 1 fully saturated rings. The van der Waals surface area contributed by atoms with Crippen molar-refractivity contribution >= 4 is 17.5 Å². The second kappa shape index (κ2) is 6.10. The smallest absolute Gasteiger partial charge is 0.254 e. The normalized spacial score (nSPS) is 16.1. The SMILES string of the molecule is O=C(NCC1(O)CCC1)c1cnn(Cc2ccccc2Cl)c1. The van der Waals surface area contributed by atoms with E-state index in [1.165, 1.54) is 6.20 Å². The standard InChI is InChI=1S/C16H18ClN3O2/c17-14-5-2-1-4-12(14)9-20-10-13(8-19-20)15(21)18-11-16(22)6-3-7-16/h1-2,4-5,8,10,22H,3,6-7,9,11H2,(H,18,21). The van der Waals surface area contributed by atoms with Crippen LogP contribution in [0.5, 0.6) is 0 Å². The van der Waals surface area contributed by atoms with Gasteiger partial charge in [-0.15, -0.1) is 0 Å². The van der Waals surface area contributed by atoms with Gasteiger partial charge >= 0.3 is 0 Å². The third kappa shape index (κ3) is 3.31. The van der Waals surface area contributed by atoms with Gasteiger partial charge in [-0.2, -0.15) is 5.10 Å². The lowest BCUT2D eigenvalue weighted by atomic mass is 9.80. The summed E-state index contributed by atoms with van der Waals surface area (Å²) in [6.07, 6.45) is 5.72. The number of carbonyl (C=O) groups excluding carboxylic acids is 1. The van der Waals surface area contributed by atoms with Crippen molar-refractivity contribution in [3.8, 4) is 0 Å². The van der Waals surface area contributed by atoms with Crippen LogP contribution in [0, 0.1) is 0 Å². The zero-order valence-corrected chi connectivity index (χ0v) is 12.9. The second-order valence-electron chi connectivity index (χ2n) is 5.78. The molecule has 0 saturated heterocycles. The minimum absolute atomic E-state index is 0.217. The number of carbonyl (C=O) groups is 1. The maximum atomic E-state index is 12.1. The van der Waals surface area contributed by atoms with Crippen molar-refractivity contribution in [3.63, 3.8) is 0 Å². The Morgan fingerprint density at radius 3 is 2.86 bits per heavy atom. The summed E-state index contributed by atoms with van der Waals surface area (Å²) in [6, 6.07) is 7.54. The van der Waals surface area contributed by atoms with Crippen LogP contribution in [0.4, 0.5) is 0 Å². The van der Waals surface area contributed by atoms with Crippen LogP contribution < -0.4 is 5.32 Å². The average Bonchev–Trinajstić information content (AvgIpc) is 2.94. The van der Waals surface area contributed by atoms with Crippen molar-refractivity contribution in [1.82, 2.24) is 15.1 Å². The number of aromatic nitrogens is 2. The molecule has 1 aliphatic carbocycles. The zero-order chi connectivity index (χ0) is 15.6. The van der Waals surface area contributed by atoms with E-state index >= 15 is 0 Å². The van der Waals surface area contributed by atoms with Gasteiger partial charge in [0, 0.05) is 17.8 Å². The van der Waals surface area contributed by atoms with Crippen LogP contribution in [0.2, 0.25) is 5.02 Å². The fourth-order valence-corrected chi connectivity index (χ4v) is 2.67. The summed E-state index contributed by atoms with van der Waals surface area (Å²) in [7, 11) is 0. The van der Waals surface area contributed by atoms with Crippen LogP contribution in [0.1, 0.15) is 35.2 Å². The fraction of sp³-hybridized carbons (Fsp3) is 0.375. The van der Waals surface area contributed by atoms with Crippen molar-refractivity contribution in [3.05, 3.63) is 52.8 Å². The monoisotopic (exact) mass is 319 g/mol. The number of hydrogen-bond acceptors (Lipinski definition) is 3. The third-order valence-corrected chi connectivity index (χ3v) is 4.42. The van der Waals surface area contributed by atoms with Crippen LogP contribution in [0.25, 0.3) is 0 Å². The summed E-state index contributed by atoms with van der Waals surface area (Å²) in [5.74, 6) is -0.217. The van der Waals surface area contributed by atoms with Gasteiger partial charge in [0.25, 0.3) is 5.91 Å². The number of nitrogens with zero attached hydrogens (tertiary/aromatic N) is 2. The molecule has 1 aromatic carbocycles. The Hall–Kier alpha value is -1.85. The number of nitrogens with one attached hydrogen (secondary N) is 1. The molecule has 5 nitrogen and oxygen atoms in total. The van der Waals surface area contributed by atoms with Crippen LogP contribution >= 0.6 is 11.6 Å². The van der Waals surface area contributed by atoms with Gasteiger partial charge in [0.05, 0.1) is 23.9 Å². The van der Waals surface area contributed by atoms with Crippen LogP contribution in [0.15, 0.2) is 36.7 Å². The minimum atomic E-state index is -0.719. The average molecular weight is 320 g/mol. The van der Waals surface area contributed by atoms with Crippen molar-refractivity contribution in [2.45, 2.75) is 31.4 Å². The number of hydrogen-bond donors (Lipinski definition) is 2. The summed E-state index contributed by atoms with van der Waals surface area (Å²) < 4.78 is 1.67. The summed E-state index contributed by atoms with van der Waals surface area (Å²) >= 11 is 6.12. The molecule has 1 heterocycles. The zero-order valence-electron chi connectivity index (χ0n) is 12.1. The highest BCUT2D eigenvalue weighted by Crippen LogP contribution is 2.30. The predicted octanol–water partition coefficient (Wildman–Crippen LogP) is 2.23. The van der Waals surface area contributed by atoms with Crippen LogP contribution in [0.3, 0.4) is 0 Å². The summed E-state index contributed by atoms with van der Waals surface area (Å²) in [4.78, 5) is 12.1. The van der Waals surface area contributed by atoms with Crippen molar-refractivity contribution in [2.24, 2.45) is 0 Å². The minimum Gasteiger partial charge on any atom is -0.388 e. The van der Waals surface area contributed by atoms with Gasteiger partial charge in [0.1, 0.15) is 0 Å². The summed E-state index contributed by atoms with van der Waals surface area (Å²) in [5, 5.41) is 17.6. The Kier molecular flexibility index (Phi) is 4.18. The molecular weight excluding hydrogens is 302 g/mol. The maximum Gasteiger partial charge on any atom is 0.254 e. The molecule has 2 N–H and O–H groups in total. The Bertz CT molecular complexity index is 680. The highest BCUT2D eigenvalue weighted by atomic mass is 35.5. The molecule has 1 saturated carbocycles. The number of amides is 1. The molecule has 0 unspecified atom stereocenters. The van der Waals surface area contributed by atoms with E-state index in [0.29, 0.717) is 23.7 Å². The van der Waals surface area contributed by atoms with Crippen LogP contribution in [-0.2, 0) is 6.54 Å². The van der Waals surface area contributed by atoms with E-state index in [-0.39, 0.29) is 5.91 Å². The quantitative estimate of drug-likeness (QED) is 0.888. The predicted molar refractivity (Wildman–Crippen MR) is 83.9 cm³/mol. The lowest BCUT2D eigenvalue weighted by Crippen LogP contribution is -2.47. The van der Waals surface area contributed by atoms with E-state index in [9.17, 15) is 9.90 Å². The molecule has 1 aromatic heterocycles. The highest BCUT2D eigenvalue weighted by Gasteiger charge is 2.34. The summed E-state index contributed by atoms with van der Waals surface area (Å²) in [5.41, 5.74) is 0.710. The second-order valence-corrected chi connectivity index (χ2v) is 6.19. The van der Waals surface area contributed by atoms with Gasteiger partial charge in [-0.25, -0.2) is 0 Å². The molecule has 1 amide bonds. The number of rotatable bonds is 5. The highest BCUT2D eigenvalue weighted by molar-refractivity contribution is 6.31. The van der Waals surface area contributed by atoms with Gasteiger partial charge in [-0.3, -0.25) is 9.48 Å². The van der Waals surface area contributed by atoms with E-state index in [1.54, 1.807) is 10.9 Å². The van der Waals surface area contributed by atoms with E-state index in [1.807, 2.05) is 24.3 Å².